The zero-order valence-electron chi connectivity index (χ0n) is 9.36. The maximum atomic E-state index is 11.8. The Balaban J connectivity index is 2.75. The standard InChI is InChI=1S/C9H18N2O3S/c1-7-6-11(4-5-15(7,13)14)8(12)9(2,3)10/h7H,4-6,10H2,1-3H3. The molecule has 1 amide bonds. The van der Waals surface area contributed by atoms with Gasteiger partial charge in [-0.05, 0) is 20.8 Å². The van der Waals surface area contributed by atoms with Crippen LogP contribution in [0.15, 0.2) is 0 Å². The molecule has 0 saturated carbocycles. The minimum absolute atomic E-state index is 0.0377. The molecule has 0 aromatic heterocycles. The number of amides is 1. The summed E-state index contributed by atoms with van der Waals surface area (Å²) < 4.78 is 22.9. The Hall–Kier alpha value is -0.620. The number of hydrogen-bond acceptors (Lipinski definition) is 4. The van der Waals surface area contributed by atoms with E-state index < -0.39 is 20.6 Å². The monoisotopic (exact) mass is 234 g/mol. The fourth-order valence-corrected chi connectivity index (χ4v) is 2.83. The molecule has 0 bridgehead atoms. The fraction of sp³-hybridized carbons (Fsp3) is 0.889. The molecule has 5 nitrogen and oxygen atoms in total. The molecule has 1 fully saturated rings. The molecule has 88 valence electrons. The second-order valence-corrected chi connectivity index (χ2v) is 7.19. The second kappa shape index (κ2) is 3.75. The van der Waals surface area contributed by atoms with E-state index in [-0.39, 0.29) is 24.7 Å². The van der Waals surface area contributed by atoms with Crippen molar-refractivity contribution in [1.29, 1.82) is 0 Å². The largest absolute Gasteiger partial charge is 0.339 e. The fourth-order valence-electron chi connectivity index (χ4n) is 1.55. The van der Waals surface area contributed by atoms with Crippen LogP contribution in [0.2, 0.25) is 0 Å². The molecule has 1 rings (SSSR count). The van der Waals surface area contributed by atoms with Crippen LogP contribution in [-0.2, 0) is 14.6 Å². The van der Waals surface area contributed by atoms with Gasteiger partial charge in [-0.1, -0.05) is 0 Å². The number of nitrogens with two attached hydrogens (primary N) is 1. The molecule has 2 N–H and O–H groups in total. The third kappa shape index (κ3) is 2.69. The Morgan fingerprint density at radius 3 is 2.40 bits per heavy atom. The number of hydrogen-bond donors (Lipinski definition) is 1. The molecule has 0 aromatic rings. The first-order chi connectivity index (χ1) is 6.64. The molecule has 15 heavy (non-hydrogen) atoms. The molecule has 6 heteroatoms. The van der Waals surface area contributed by atoms with Crippen LogP contribution in [0.4, 0.5) is 0 Å². The smallest absolute Gasteiger partial charge is 0.242 e. The molecule has 1 aliphatic heterocycles. The molecule has 0 aromatic carbocycles. The Kier molecular flexibility index (Phi) is 3.11. The molecular formula is C9H18N2O3S. The van der Waals surface area contributed by atoms with Gasteiger partial charge in [-0.3, -0.25) is 4.79 Å². The van der Waals surface area contributed by atoms with Gasteiger partial charge in [0.25, 0.3) is 0 Å². The molecule has 1 atom stereocenters. The van der Waals surface area contributed by atoms with Crippen LogP contribution in [0.5, 0.6) is 0 Å². The van der Waals surface area contributed by atoms with Gasteiger partial charge in [0, 0.05) is 13.1 Å². The highest BCUT2D eigenvalue weighted by molar-refractivity contribution is 7.92. The maximum absolute atomic E-state index is 11.8. The van der Waals surface area contributed by atoms with Crippen molar-refractivity contribution in [3.8, 4) is 0 Å². The van der Waals surface area contributed by atoms with E-state index in [4.69, 9.17) is 5.73 Å². The highest BCUT2D eigenvalue weighted by Gasteiger charge is 2.35. The first-order valence-electron chi connectivity index (χ1n) is 4.94. The number of carbonyl (C=O) groups excluding carboxylic acids is 1. The average molecular weight is 234 g/mol. The molecule has 0 spiro atoms. The zero-order chi connectivity index (χ0) is 11.9. The normalized spacial score (nSPS) is 26.4. The quantitative estimate of drug-likeness (QED) is 0.655. The van der Waals surface area contributed by atoms with Gasteiger partial charge in [0.05, 0.1) is 16.5 Å². The van der Waals surface area contributed by atoms with Crippen LogP contribution in [0.25, 0.3) is 0 Å². The Morgan fingerprint density at radius 1 is 1.47 bits per heavy atom. The topological polar surface area (TPSA) is 80.5 Å². The van der Waals surface area contributed by atoms with Gasteiger partial charge in [-0.25, -0.2) is 8.42 Å². The van der Waals surface area contributed by atoms with Gasteiger partial charge in [-0.15, -0.1) is 0 Å². The molecule has 0 aliphatic carbocycles. The van der Waals surface area contributed by atoms with Crippen molar-refractivity contribution >= 4 is 15.7 Å². The third-order valence-corrected chi connectivity index (χ3v) is 4.70. The van der Waals surface area contributed by atoms with Crippen molar-refractivity contribution < 1.29 is 13.2 Å². The third-order valence-electron chi connectivity index (χ3n) is 2.57. The molecule has 1 aliphatic rings. The lowest BCUT2D eigenvalue weighted by molar-refractivity contribution is -0.135. The van der Waals surface area contributed by atoms with Gasteiger partial charge >= 0.3 is 0 Å². The van der Waals surface area contributed by atoms with Crippen molar-refractivity contribution in [3.63, 3.8) is 0 Å². The molecule has 0 radical (unpaired) electrons. The van der Waals surface area contributed by atoms with Gasteiger partial charge in [-0.2, -0.15) is 0 Å². The average Bonchev–Trinajstić information content (AvgIpc) is 2.07. The van der Waals surface area contributed by atoms with Crippen LogP contribution < -0.4 is 5.73 Å². The lowest BCUT2D eigenvalue weighted by atomic mass is 10.1. The highest BCUT2D eigenvalue weighted by atomic mass is 32.2. The van der Waals surface area contributed by atoms with Gasteiger partial charge in [0.15, 0.2) is 9.84 Å². The number of nitrogens with zero attached hydrogens (tertiary/aromatic N) is 1. The van der Waals surface area contributed by atoms with Crippen LogP contribution in [0.3, 0.4) is 0 Å². The first kappa shape index (κ1) is 12.4. The van der Waals surface area contributed by atoms with Crippen LogP contribution in [-0.4, -0.2) is 48.9 Å². The Morgan fingerprint density at radius 2 is 2.00 bits per heavy atom. The van der Waals surface area contributed by atoms with E-state index >= 15 is 0 Å². The lowest BCUT2D eigenvalue weighted by Gasteiger charge is -2.34. The summed E-state index contributed by atoms with van der Waals surface area (Å²) >= 11 is 0. The summed E-state index contributed by atoms with van der Waals surface area (Å²) in [5, 5.41) is -0.488. The number of rotatable bonds is 1. The first-order valence-corrected chi connectivity index (χ1v) is 6.66. The second-order valence-electron chi connectivity index (χ2n) is 4.65. The van der Waals surface area contributed by atoms with Crippen molar-refractivity contribution in [1.82, 2.24) is 4.90 Å². The zero-order valence-corrected chi connectivity index (χ0v) is 10.2. The van der Waals surface area contributed by atoms with Gasteiger partial charge < -0.3 is 10.6 Å². The van der Waals surface area contributed by atoms with E-state index in [9.17, 15) is 13.2 Å². The SMILES string of the molecule is CC1CN(C(=O)C(C)(C)N)CCS1(=O)=O. The Bertz CT molecular complexity index is 356. The van der Waals surface area contributed by atoms with Crippen molar-refractivity contribution in [3.05, 3.63) is 0 Å². The summed E-state index contributed by atoms with van der Waals surface area (Å²) in [6, 6.07) is 0. The number of carbonyl (C=O) groups is 1. The summed E-state index contributed by atoms with van der Waals surface area (Å²) in [5.41, 5.74) is 4.75. The van der Waals surface area contributed by atoms with Crippen LogP contribution in [0.1, 0.15) is 20.8 Å². The summed E-state index contributed by atoms with van der Waals surface area (Å²) in [4.78, 5) is 13.3. The minimum Gasteiger partial charge on any atom is -0.339 e. The van der Waals surface area contributed by atoms with Crippen LogP contribution >= 0.6 is 0 Å². The van der Waals surface area contributed by atoms with E-state index in [1.54, 1.807) is 20.8 Å². The molecule has 1 heterocycles. The summed E-state index contributed by atoms with van der Waals surface area (Å²) in [6.45, 7) is 5.39. The maximum Gasteiger partial charge on any atom is 0.242 e. The number of sulfone groups is 1. The summed E-state index contributed by atoms with van der Waals surface area (Å²) in [7, 11) is -3.01. The predicted molar refractivity (Wildman–Crippen MR) is 58.1 cm³/mol. The summed E-state index contributed by atoms with van der Waals surface area (Å²) in [5.74, 6) is -0.153. The van der Waals surface area contributed by atoms with Gasteiger partial charge in [0.1, 0.15) is 0 Å². The van der Waals surface area contributed by atoms with E-state index in [1.165, 1.54) is 4.90 Å². The van der Waals surface area contributed by atoms with E-state index in [1.807, 2.05) is 0 Å². The van der Waals surface area contributed by atoms with E-state index in [0.717, 1.165) is 0 Å². The van der Waals surface area contributed by atoms with E-state index in [2.05, 4.69) is 0 Å². The Labute approximate surface area is 90.5 Å². The van der Waals surface area contributed by atoms with Crippen molar-refractivity contribution in [2.24, 2.45) is 5.73 Å². The molecule has 1 unspecified atom stereocenters. The van der Waals surface area contributed by atoms with Gasteiger partial charge in [0.2, 0.25) is 5.91 Å². The van der Waals surface area contributed by atoms with Crippen molar-refractivity contribution in [2.75, 3.05) is 18.8 Å². The molecular weight excluding hydrogens is 216 g/mol. The predicted octanol–water partition coefficient (Wildman–Crippen LogP) is -0.631. The summed E-state index contributed by atoms with van der Waals surface area (Å²) in [6.07, 6.45) is 0. The lowest BCUT2D eigenvalue weighted by Crippen LogP contribution is -2.56. The highest BCUT2D eigenvalue weighted by Crippen LogP contribution is 2.15. The van der Waals surface area contributed by atoms with Crippen LogP contribution in [0, 0.1) is 0 Å². The van der Waals surface area contributed by atoms with E-state index in [0.29, 0.717) is 0 Å². The minimum atomic E-state index is -3.01. The van der Waals surface area contributed by atoms with Crippen molar-refractivity contribution in [2.45, 2.75) is 31.6 Å². The molecule has 1 saturated heterocycles.